The van der Waals surface area contributed by atoms with Crippen molar-refractivity contribution in [1.29, 1.82) is 0 Å². The van der Waals surface area contributed by atoms with E-state index in [-0.39, 0.29) is 11.9 Å². The van der Waals surface area contributed by atoms with Gasteiger partial charge in [-0.15, -0.1) is 0 Å². The van der Waals surface area contributed by atoms with Crippen LogP contribution in [0.5, 0.6) is 0 Å². The van der Waals surface area contributed by atoms with Crippen molar-refractivity contribution in [2.24, 2.45) is 0 Å². The number of nitrogens with one attached hydrogen (secondary N) is 2. The summed E-state index contributed by atoms with van der Waals surface area (Å²) in [4.78, 5) is 13.8. The smallest absolute Gasteiger partial charge is 0.237 e. The van der Waals surface area contributed by atoms with Crippen LogP contribution in [0.4, 0.5) is 0 Å². The Morgan fingerprint density at radius 2 is 2.29 bits per heavy atom. The summed E-state index contributed by atoms with van der Waals surface area (Å²) >= 11 is 0. The molecule has 1 saturated heterocycles. The van der Waals surface area contributed by atoms with Gasteiger partial charge in [-0.05, 0) is 40.4 Å². The molecule has 1 rings (SSSR count). The van der Waals surface area contributed by atoms with Crippen molar-refractivity contribution >= 4 is 5.91 Å². The van der Waals surface area contributed by atoms with Crippen LogP contribution < -0.4 is 10.6 Å². The molecule has 2 N–H and O–H groups in total. The first-order valence-corrected chi connectivity index (χ1v) is 5.29. The van der Waals surface area contributed by atoms with Crippen molar-refractivity contribution in [3.05, 3.63) is 0 Å². The third-order valence-corrected chi connectivity index (χ3v) is 2.80. The molecule has 2 unspecified atom stereocenters. The van der Waals surface area contributed by atoms with Crippen molar-refractivity contribution in [2.45, 2.75) is 31.8 Å². The average Bonchev–Trinajstić information content (AvgIpc) is 2.16. The normalized spacial score (nSPS) is 25.8. The van der Waals surface area contributed by atoms with Gasteiger partial charge in [0, 0.05) is 12.6 Å². The zero-order valence-corrected chi connectivity index (χ0v) is 9.34. The van der Waals surface area contributed by atoms with E-state index in [0.717, 1.165) is 19.5 Å². The van der Waals surface area contributed by atoms with Crippen LogP contribution in [-0.2, 0) is 4.79 Å². The van der Waals surface area contributed by atoms with Crippen molar-refractivity contribution in [3.8, 4) is 0 Å². The standard InChI is InChI=1S/C10H21N3O/c1-8(11-2)10(14)12-9-5-4-6-13(3)7-9/h8-9,11H,4-7H2,1-3H3,(H,12,14). The van der Waals surface area contributed by atoms with E-state index in [2.05, 4.69) is 22.6 Å². The SMILES string of the molecule is CNC(C)C(=O)NC1CCCN(C)C1. The van der Waals surface area contributed by atoms with Crippen molar-refractivity contribution in [3.63, 3.8) is 0 Å². The second-order valence-corrected chi connectivity index (χ2v) is 4.12. The number of hydrogen-bond acceptors (Lipinski definition) is 3. The molecule has 1 aliphatic rings. The molecule has 0 aromatic rings. The lowest BCUT2D eigenvalue weighted by Crippen LogP contribution is -2.50. The molecule has 0 aromatic carbocycles. The van der Waals surface area contributed by atoms with Gasteiger partial charge in [-0.1, -0.05) is 0 Å². The summed E-state index contributed by atoms with van der Waals surface area (Å²) in [6.45, 7) is 4.00. The number of likely N-dealkylation sites (tertiary alicyclic amines) is 1. The van der Waals surface area contributed by atoms with Crippen LogP contribution in [0.15, 0.2) is 0 Å². The van der Waals surface area contributed by atoms with Crippen molar-refractivity contribution in [2.75, 3.05) is 27.2 Å². The largest absolute Gasteiger partial charge is 0.351 e. The summed E-state index contributed by atoms with van der Waals surface area (Å²) in [5.41, 5.74) is 0. The van der Waals surface area contributed by atoms with E-state index >= 15 is 0 Å². The molecule has 4 heteroatoms. The van der Waals surface area contributed by atoms with Crippen molar-refractivity contribution in [1.82, 2.24) is 15.5 Å². The van der Waals surface area contributed by atoms with Gasteiger partial charge in [0.05, 0.1) is 6.04 Å². The second-order valence-electron chi connectivity index (χ2n) is 4.12. The van der Waals surface area contributed by atoms with Gasteiger partial charge in [0.2, 0.25) is 5.91 Å². The van der Waals surface area contributed by atoms with E-state index < -0.39 is 0 Å². The minimum absolute atomic E-state index is 0.0952. The summed E-state index contributed by atoms with van der Waals surface area (Å²) < 4.78 is 0. The first-order valence-electron chi connectivity index (χ1n) is 5.29. The highest BCUT2D eigenvalue weighted by atomic mass is 16.2. The number of amides is 1. The quantitative estimate of drug-likeness (QED) is 0.662. The van der Waals surface area contributed by atoms with Gasteiger partial charge in [-0.25, -0.2) is 0 Å². The average molecular weight is 199 g/mol. The zero-order valence-electron chi connectivity index (χ0n) is 9.34. The monoisotopic (exact) mass is 199 g/mol. The van der Waals surface area contributed by atoms with Crippen LogP contribution in [-0.4, -0.2) is 50.1 Å². The van der Waals surface area contributed by atoms with Gasteiger partial charge in [-0.2, -0.15) is 0 Å². The Kier molecular flexibility index (Phi) is 4.35. The number of likely N-dealkylation sites (N-methyl/N-ethyl adjacent to an activating group) is 2. The van der Waals surface area contributed by atoms with E-state index in [0.29, 0.717) is 6.04 Å². The molecule has 1 heterocycles. The third kappa shape index (κ3) is 3.27. The molecule has 0 radical (unpaired) electrons. The molecule has 0 aliphatic carbocycles. The van der Waals surface area contributed by atoms with E-state index in [4.69, 9.17) is 0 Å². The maximum Gasteiger partial charge on any atom is 0.237 e. The second kappa shape index (κ2) is 5.32. The van der Waals surface area contributed by atoms with Gasteiger partial charge >= 0.3 is 0 Å². The van der Waals surface area contributed by atoms with Crippen LogP contribution in [0.25, 0.3) is 0 Å². The molecule has 4 nitrogen and oxygen atoms in total. The highest BCUT2D eigenvalue weighted by Gasteiger charge is 2.20. The fraction of sp³-hybridized carbons (Fsp3) is 0.900. The number of piperidine rings is 1. The number of nitrogens with zero attached hydrogens (tertiary/aromatic N) is 1. The maximum atomic E-state index is 11.6. The van der Waals surface area contributed by atoms with Gasteiger partial charge < -0.3 is 15.5 Å². The molecule has 1 amide bonds. The molecular formula is C10H21N3O. The lowest BCUT2D eigenvalue weighted by Gasteiger charge is -2.30. The number of carbonyl (C=O) groups excluding carboxylic acids is 1. The molecule has 82 valence electrons. The number of rotatable bonds is 3. The third-order valence-electron chi connectivity index (χ3n) is 2.80. The number of carbonyl (C=O) groups is 1. The predicted molar refractivity (Wildman–Crippen MR) is 57.2 cm³/mol. The summed E-state index contributed by atoms with van der Waals surface area (Å²) in [6, 6.07) is 0.235. The summed E-state index contributed by atoms with van der Waals surface area (Å²) in [6.07, 6.45) is 2.28. The molecule has 1 aliphatic heterocycles. The highest BCUT2D eigenvalue weighted by molar-refractivity contribution is 5.81. The maximum absolute atomic E-state index is 11.6. The van der Waals surface area contributed by atoms with E-state index in [9.17, 15) is 4.79 Å². The van der Waals surface area contributed by atoms with Crippen LogP contribution in [0, 0.1) is 0 Å². The highest BCUT2D eigenvalue weighted by Crippen LogP contribution is 2.07. The topological polar surface area (TPSA) is 44.4 Å². The van der Waals surface area contributed by atoms with Crippen LogP contribution in [0.1, 0.15) is 19.8 Å². The Hall–Kier alpha value is -0.610. The molecule has 0 aromatic heterocycles. The van der Waals surface area contributed by atoms with Gasteiger partial charge in [0.15, 0.2) is 0 Å². The van der Waals surface area contributed by atoms with Crippen LogP contribution >= 0.6 is 0 Å². The Bertz CT molecular complexity index is 196. The molecular weight excluding hydrogens is 178 g/mol. The Labute approximate surface area is 86.0 Å². The van der Waals surface area contributed by atoms with E-state index in [1.54, 1.807) is 7.05 Å². The summed E-state index contributed by atoms with van der Waals surface area (Å²) in [7, 11) is 3.90. The lowest BCUT2D eigenvalue weighted by molar-refractivity contribution is -0.123. The Balaban J connectivity index is 2.32. The van der Waals surface area contributed by atoms with Gasteiger partial charge in [-0.3, -0.25) is 4.79 Å². The predicted octanol–water partition coefficient (Wildman–Crippen LogP) is -0.195. The van der Waals surface area contributed by atoms with Crippen molar-refractivity contribution < 1.29 is 4.79 Å². The van der Waals surface area contributed by atoms with Gasteiger partial charge in [0.25, 0.3) is 0 Å². The molecule has 1 fully saturated rings. The molecule has 0 bridgehead atoms. The minimum atomic E-state index is -0.0952. The fourth-order valence-corrected chi connectivity index (χ4v) is 1.74. The first kappa shape index (κ1) is 11.5. The molecule has 0 saturated carbocycles. The lowest BCUT2D eigenvalue weighted by atomic mass is 10.1. The van der Waals surface area contributed by atoms with Gasteiger partial charge in [0.1, 0.15) is 0 Å². The zero-order chi connectivity index (χ0) is 10.6. The van der Waals surface area contributed by atoms with Crippen LogP contribution in [0.2, 0.25) is 0 Å². The first-order chi connectivity index (χ1) is 6.63. The molecule has 14 heavy (non-hydrogen) atoms. The molecule has 0 spiro atoms. The van der Waals surface area contributed by atoms with Crippen LogP contribution in [0.3, 0.4) is 0 Å². The minimum Gasteiger partial charge on any atom is -0.351 e. The van der Waals surface area contributed by atoms with E-state index in [1.807, 2.05) is 6.92 Å². The fourth-order valence-electron chi connectivity index (χ4n) is 1.74. The number of hydrogen-bond donors (Lipinski definition) is 2. The summed E-state index contributed by atoms with van der Waals surface area (Å²) in [5.74, 6) is 0.104. The van der Waals surface area contributed by atoms with E-state index in [1.165, 1.54) is 6.42 Å². The Morgan fingerprint density at radius 1 is 1.57 bits per heavy atom. The molecule has 2 atom stereocenters. The Morgan fingerprint density at radius 3 is 2.86 bits per heavy atom. The summed E-state index contributed by atoms with van der Waals surface area (Å²) in [5, 5.41) is 6.00.